The highest BCUT2D eigenvalue weighted by Crippen LogP contribution is 2.38. The zero-order chi connectivity index (χ0) is 18.0. The van der Waals surface area contributed by atoms with Crippen molar-refractivity contribution in [1.29, 1.82) is 0 Å². The fourth-order valence-electron chi connectivity index (χ4n) is 2.31. The number of ether oxygens (including phenoxy) is 2. The van der Waals surface area contributed by atoms with Crippen LogP contribution >= 0.6 is 11.6 Å². The van der Waals surface area contributed by atoms with Gasteiger partial charge in [-0.2, -0.15) is 13.2 Å². The molecule has 0 atom stereocenters. The van der Waals surface area contributed by atoms with Gasteiger partial charge in [-0.1, -0.05) is 17.7 Å². The third kappa shape index (κ3) is 3.99. The fourth-order valence-corrected chi connectivity index (χ4v) is 2.51. The van der Waals surface area contributed by atoms with Crippen molar-refractivity contribution in [2.75, 3.05) is 18.5 Å². The van der Waals surface area contributed by atoms with Crippen molar-refractivity contribution >= 4 is 23.2 Å². The summed E-state index contributed by atoms with van der Waals surface area (Å²) in [5.41, 5.74) is -0.795. The maximum atomic E-state index is 12.8. The molecule has 2 aromatic carbocycles. The van der Waals surface area contributed by atoms with E-state index in [1.54, 1.807) is 0 Å². The van der Waals surface area contributed by atoms with Gasteiger partial charge in [-0.3, -0.25) is 4.79 Å². The van der Waals surface area contributed by atoms with Gasteiger partial charge in [-0.25, -0.2) is 0 Å². The highest BCUT2D eigenvalue weighted by Gasteiger charge is 2.31. The van der Waals surface area contributed by atoms with E-state index < -0.39 is 17.6 Å². The van der Waals surface area contributed by atoms with Gasteiger partial charge in [0, 0.05) is 24.1 Å². The van der Waals surface area contributed by atoms with Crippen LogP contribution in [0.1, 0.15) is 22.3 Å². The Labute approximate surface area is 146 Å². The van der Waals surface area contributed by atoms with Crippen LogP contribution in [0.3, 0.4) is 0 Å². The number of nitrogens with one attached hydrogen (secondary N) is 1. The normalized spacial score (nSPS) is 13.9. The molecule has 0 saturated heterocycles. The van der Waals surface area contributed by atoms with Crippen molar-refractivity contribution in [1.82, 2.24) is 0 Å². The van der Waals surface area contributed by atoms with Crippen LogP contribution in [0.25, 0.3) is 0 Å². The minimum absolute atomic E-state index is 0.127. The maximum Gasteiger partial charge on any atom is 0.416 e. The maximum absolute atomic E-state index is 12.8. The van der Waals surface area contributed by atoms with Crippen molar-refractivity contribution in [3.63, 3.8) is 0 Å². The second-order valence-electron chi connectivity index (χ2n) is 5.36. The first kappa shape index (κ1) is 17.4. The van der Waals surface area contributed by atoms with Crippen molar-refractivity contribution < 1.29 is 27.4 Å². The summed E-state index contributed by atoms with van der Waals surface area (Å²) in [4.78, 5) is 12.3. The van der Waals surface area contributed by atoms with Gasteiger partial charge >= 0.3 is 6.18 Å². The molecular weight excluding hydrogens is 359 g/mol. The average molecular weight is 372 g/mol. The molecule has 0 aromatic heterocycles. The summed E-state index contributed by atoms with van der Waals surface area (Å²) in [6.45, 7) is 0.939. The van der Waals surface area contributed by atoms with Crippen molar-refractivity contribution in [2.24, 2.45) is 0 Å². The van der Waals surface area contributed by atoms with E-state index in [1.807, 2.05) is 0 Å². The molecule has 1 N–H and O–H groups in total. The molecule has 0 unspecified atom stereocenters. The third-order valence-corrected chi connectivity index (χ3v) is 3.85. The Morgan fingerprint density at radius 1 is 1.08 bits per heavy atom. The van der Waals surface area contributed by atoms with Gasteiger partial charge in [0.25, 0.3) is 5.91 Å². The lowest BCUT2D eigenvalue weighted by Crippen LogP contribution is -2.14. The van der Waals surface area contributed by atoms with Gasteiger partial charge in [-0.15, -0.1) is 0 Å². The smallest absolute Gasteiger partial charge is 0.416 e. The molecule has 1 aliphatic heterocycles. The Morgan fingerprint density at radius 3 is 2.44 bits per heavy atom. The Bertz CT molecular complexity index is 808. The molecule has 132 valence electrons. The zero-order valence-corrected chi connectivity index (χ0v) is 13.6. The van der Waals surface area contributed by atoms with E-state index in [-0.39, 0.29) is 16.3 Å². The van der Waals surface area contributed by atoms with Crippen LogP contribution in [0.5, 0.6) is 11.5 Å². The van der Waals surface area contributed by atoms with E-state index in [4.69, 9.17) is 21.1 Å². The summed E-state index contributed by atoms with van der Waals surface area (Å²) in [5.74, 6) is 0.170. The lowest BCUT2D eigenvalue weighted by molar-refractivity contribution is -0.137. The van der Waals surface area contributed by atoms with Gasteiger partial charge in [0.05, 0.1) is 29.5 Å². The summed E-state index contributed by atoms with van der Waals surface area (Å²) in [6, 6.07) is 7.15. The number of amides is 1. The second-order valence-corrected chi connectivity index (χ2v) is 5.77. The molecule has 0 saturated carbocycles. The van der Waals surface area contributed by atoms with Crippen LogP contribution in [0, 0.1) is 0 Å². The molecule has 1 amide bonds. The van der Waals surface area contributed by atoms with E-state index in [2.05, 4.69) is 5.32 Å². The third-order valence-electron chi connectivity index (χ3n) is 3.54. The molecule has 1 heterocycles. The topological polar surface area (TPSA) is 47.6 Å². The number of alkyl halides is 3. The Balaban J connectivity index is 1.85. The predicted octanol–water partition coefficient (Wildman–Crippen LogP) is 4.77. The van der Waals surface area contributed by atoms with Crippen LogP contribution < -0.4 is 14.8 Å². The number of carbonyl (C=O) groups is 1. The molecule has 25 heavy (non-hydrogen) atoms. The first-order valence-electron chi connectivity index (χ1n) is 7.42. The molecule has 3 rings (SSSR count). The second kappa shape index (κ2) is 6.84. The molecule has 1 aliphatic rings. The number of anilines is 1. The van der Waals surface area contributed by atoms with Crippen LogP contribution in [-0.4, -0.2) is 19.1 Å². The molecular formula is C17H13ClF3NO3. The lowest BCUT2D eigenvalue weighted by atomic mass is 10.1. The predicted molar refractivity (Wildman–Crippen MR) is 86.5 cm³/mol. The van der Waals surface area contributed by atoms with E-state index in [0.717, 1.165) is 12.1 Å². The summed E-state index contributed by atoms with van der Waals surface area (Å²) >= 11 is 6.12. The number of hydrogen-bond donors (Lipinski definition) is 1. The van der Waals surface area contributed by atoms with Crippen LogP contribution in [0.15, 0.2) is 36.4 Å². The summed E-state index contributed by atoms with van der Waals surface area (Å²) in [5, 5.41) is 2.70. The Morgan fingerprint density at radius 2 is 1.76 bits per heavy atom. The average Bonchev–Trinajstić information content (AvgIpc) is 2.79. The number of rotatable bonds is 2. The van der Waals surface area contributed by atoms with Gasteiger partial charge in [0.15, 0.2) is 11.5 Å². The van der Waals surface area contributed by atoms with Crippen LogP contribution in [0.2, 0.25) is 5.02 Å². The minimum atomic E-state index is -4.52. The number of fused-ring (bicyclic) bond motifs is 1. The molecule has 0 bridgehead atoms. The lowest BCUT2D eigenvalue weighted by Gasteiger charge is -2.13. The van der Waals surface area contributed by atoms with Crippen LogP contribution in [-0.2, 0) is 6.18 Å². The van der Waals surface area contributed by atoms with E-state index in [1.165, 1.54) is 24.3 Å². The summed E-state index contributed by atoms with van der Waals surface area (Å²) in [6.07, 6.45) is -3.82. The van der Waals surface area contributed by atoms with Crippen molar-refractivity contribution in [3.8, 4) is 11.5 Å². The molecule has 0 spiro atoms. The molecule has 8 heteroatoms. The van der Waals surface area contributed by atoms with Crippen molar-refractivity contribution in [3.05, 3.63) is 52.5 Å². The standard InChI is InChI=1S/C17H13ClF3NO3/c18-12-8-14-15(25-6-2-5-24-14)9-13(12)22-16(23)10-3-1-4-11(7-10)17(19,20)21/h1,3-4,7-9H,2,5-6H2,(H,22,23). The van der Waals surface area contributed by atoms with E-state index in [0.29, 0.717) is 31.1 Å². The first-order valence-corrected chi connectivity index (χ1v) is 7.80. The van der Waals surface area contributed by atoms with Crippen LogP contribution in [0.4, 0.5) is 18.9 Å². The molecule has 0 radical (unpaired) electrons. The minimum Gasteiger partial charge on any atom is -0.490 e. The largest absolute Gasteiger partial charge is 0.490 e. The molecule has 4 nitrogen and oxygen atoms in total. The fraction of sp³-hybridized carbons (Fsp3) is 0.235. The highest BCUT2D eigenvalue weighted by molar-refractivity contribution is 6.34. The quantitative estimate of drug-likeness (QED) is 0.827. The van der Waals surface area contributed by atoms with Gasteiger partial charge in [0.1, 0.15) is 0 Å². The number of carbonyl (C=O) groups excluding carboxylic acids is 1. The van der Waals surface area contributed by atoms with Gasteiger partial charge in [0.2, 0.25) is 0 Å². The Hall–Kier alpha value is -2.41. The van der Waals surface area contributed by atoms with Crippen molar-refractivity contribution in [2.45, 2.75) is 12.6 Å². The number of benzene rings is 2. The van der Waals surface area contributed by atoms with E-state index >= 15 is 0 Å². The van der Waals surface area contributed by atoms with Gasteiger partial charge in [-0.05, 0) is 18.2 Å². The molecule has 0 aliphatic carbocycles. The molecule has 2 aromatic rings. The highest BCUT2D eigenvalue weighted by atomic mass is 35.5. The number of halogens is 4. The summed E-state index contributed by atoms with van der Waals surface area (Å²) in [7, 11) is 0. The molecule has 0 fully saturated rings. The Kier molecular flexibility index (Phi) is 4.76. The first-order chi connectivity index (χ1) is 11.8. The number of hydrogen-bond acceptors (Lipinski definition) is 3. The summed E-state index contributed by atoms with van der Waals surface area (Å²) < 4.78 is 49.3. The SMILES string of the molecule is O=C(Nc1cc2c(cc1Cl)OCCCO2)c1cccc(C(F)(F)F)c1. The van der Waals surface area contributed by atoms with Gasteiger partial charge < -0.3 is 14.8 Å². The zero-order valence-electron chi connectivity index (χ0n) is 12.8. The monoisotopic (exact) mass is 371 g/mol. The van der Waals surface area contributed by atoms with E-state index in [9.17, 15) is 18.0 Å².